The number of hydrogen-bond acceptors (Lipinski definition) is 5. The van der Waals surface area contributed by atoms with Crippen LogP contribution >= 0.6 is 0 Å². The van der Waals surface area contributed by atoms with E-state index in [-0.39, 0.29) is 11.9 Å². The van der Waals surface area contributed by atoms with Gasteiger partial charge in [-0.1, -0.05) is 48.5 Å². The number of rotatable bonds is 8. The average Bonchev–Trinajstić information content (AvgIpc) is 2.64. The number of carbonyl (C=O) groups excluding carboxylic acids is 2. The lowest BCUT2D eigenvalue weighted by Crippen LogP contribution is -2.13. The molecule has 0 saturated heterocycles. The molecule has 0 fully saturated rings. The van der Waals surface area contributed by atoms with Crippen molar-refractivity contribution in [2.24, 2.45) is 0 Å². The maximum absolute atomic E-state index is 11.2. The van der Waals surface area contributed by atoms with Crippen LogP contribution < -0.4 is 5.32 Å². The molecule has 0 aromatic heterocycles. The quantitative estimate of drug-likeness (QED) is 0.747. The number of esters is 2. The Morgan fingerprint density at radius 2 is 1.00 bits per heavy atom. The molecule has 2 rings (SSSR count). The Kier molecular flexibility index (Phi) is 7.16. The summed E-state index contributed by atoms with van der Waals surface area (Å²) in [5.74, 6) is -0.469. The SMILES string of the molecule is COC(=O)Cc1ccc(CNCc2ccc(CC(=O)OC)cc2)cc1. The Balaban J connectivity index is 1.78. The molecule has 0 spiro atoms. The van der Waals surface area contributed by atoms with Crippen LogP contribution in [0.15, 0.2) is 48.5 Å². The number of methoxy groups -OCH3 is 2. The molecule has 0 atom stereocenters. The normalized spacial score (nSPS) is 10.3. The molecule has 0 amide bonds. The minimum absolute atomic E-state index is 0.235. The van der Waals surface area contributed by atoms with Gasteiger partial charge in [-0.3, -0.25) is 9.59 Å². The number of ether oxygens (including phenoxy) is 2. The number of benzene rings is 2. The van der Waals surface area contributed by atoms with Crippen LogP contribution in [0.5, 0.6) is 0 Å². The van der Waals surface area contributed by atoms with E-state index in [1.54, 1.807) is 0 Å². The van der Waals surface area contributed by atoms with E-state index >= 15 is 0 Å². The van der Waals surface area contributed by atoms with Gasteiger partial charge in [-0.2, -0.15) is 0 Å². The molecular weight excluding hydrogens is 318 g/mol. The lowest BCUT2D eigenvalue weighted by atomic mass is 10.1. The molecule has 25 heavy (non-hydrogen) atoms. The van der Waals surface area contributed by atoms with Crippen LogP contribution in [0, 0.1) is 0 Å². The molecule has 2 aromatic rings. The molecule has 5 nitrogen and oxygen atoms in total. The highest BCUT2D eigenvalue weighted by Gasteiger charge is 2.04. The molecule has 0 aliphatic rings. The Morgan fingerprint density at radius 3 is 1.32 bits per heavy atom. The molecule has 132 valence electrons. The fourth-order valence-corrected chi connectivity index (χ4v) is 2.38. The lowest BCUT2D eigenvalue weighted by molar-refractivity contribution is -0.140. The number of carbonyl (C=O) groups is 2. The summed E-state index contributed by atoms with van der Waals surface area (Å²) in [6.45, 7) is 1.48. The van der Waals surface area contributed by atoms with Gasteiger partial charge in [-0.05, 0) is 22.3 Å². The monoisotopic (exact) mass is 341 g/mol. The minimum atomic E-state index is -0.235. The van der Waals surface area contributed by atoms with E-state index in [9.17, 15) is 9.59 Å². The first-order chi connectivity index (χ1) is 12.1. The van der Waals surface area contributed by atoms with Crippen LogP contribution in [-0.2, 0) is 45.0 Å². The number of hydrogen-bond donors (Lipinski definition) is 1. The second kappa shape index (κ2) is 9.59. The second-order valence-electron chi connectivity index (χ2n) is 5.74. The summed E-state index contributed by atoms with van der Waals surface area (Å²) in [5.41, 5.74) is 4.18. The molecular formula is C20H23NO4. The van der Waals surface area contributed by atoms with Gasteiger partial charge in [0.25, 0.3) is 0 Å². The molecule has 0 saturated carbocycles. The first-order valence-corrected chi connectivity index (χ1v) is 8.10. The maximum Gasteiger partial charge on any atom is 0.309 e. The Bertz CT molecular complexity index is 631. The smallest absolute Gasteiger partial charge is 0.309 e. The van der Waals surface area contributed by atoms with E-state index in [2.05, 4.69) is 14.8 Å². The highest BCUT2D eigenvalue weighted by molar-refractivity contribution is 5.72. The first kappa shape index (κ1) is 18.7. The highest BCUT2D eigenvalue weighted by atomic mass is 16.5. The van der Waals surface area contributed by atoms with Crippen molar-refractivity contribution >= 4 is 11.9 Å². The third-order valence-corrected chi connectivity index (χ3v) is 3.86. The van der Waals surface area contributed by atoms with Crippen molar-refractivity contribution in [1.82, 2.24) is 5.32 Å². The van der Waals surface area contributed by atoms with E-state index in [0.29, 0.717) is 12.8 Å². The van der Waals surface area contributed by atoms with Crippen LogP contribution in [0.1, 0.15) is 22.3 Å². The molecule has 0 aliphatic carbocycles. The second-order valence-corrected chi connectivity index (χ2v) is 5.74. The van der Waals surface area contributed by atoms with E-state index in [0.717, 1.165) is 35.3 Å². The molecule has 0 radical (unpaired) electrons. The van der Waals surface area contributed by atoms with Gasteiger partial charge in [-0.15, -0.1) is 0 Å². The molecule has 0 bridgehead atoms. The third kappa shape index (κ3) is 6.39. The van der Waals surface area contributed by atoms with Crippen LogP contribution in [0.2, 0.25) is 0 Å². The molecule has 0 unspecified atom stereocenters. The zero-order valence-corrected chi connectivity index (χ0v) is 14.6. The van der Waals surface area contributed by atoms with Crippen LogP contribution in [0.4, 0.5) is 0 Å². The molecule has 1 N–H and O–H groups in total. The van der Waals surface area contributed by atoms with Crippen LogP contribution in [0.25, 0.3) is 0 Å². The van der Waals surface area contributed by atoms with Gasteiger partial charge in [0.1, 0.15) is 0 Å². The zero-order valence-electron chi connectivity index (χ0n) is 14.6. The van der Waals surface area contributed by atoms with Crippen molar-refractivity contribution in [3.05, 3.63) is 70.8 Å². The van der Waals surface area contributed by atoms with Gasteiger partial charge in [0.05, 0.1) is 27.1 Å². The summed E-state index contributed by atoms with van der Waals surface area (Å²) >= 11 is 0. The first-order valence-electron chi connectivity index (χ1n) is 8.10. The average molecular weight is 341 g/mol. The predicted octanol–water partition coefficient (Wildman–Crippen LogP) is 2.41. The topological polar surface area (TPSA) is 64.6 Å². The van der Waals surface area contributed by atoms with Gasteiger partial charge in [0, 0.05) is 13.1 Å². The van der Waals surface area contributed by atoms with Crippen molar-refractivity contribution in [1.29, 1.82) is 0 Å². The summed E-state index contributed by atoms with van der Waals surface area (Å²) in [6.07, 6.45) is 0.588. The fourth-order valence-electron chi connectivity index (χ4n) is 2.38. The van der Waals surface area contributed by atoms with Gasteiger partial charge >= 0.3 is 11.9 Å². The van der Waals surface area contributed by atoms with Crippen LogP contribution in [-0.4, -0.2) is 26.2 Å². The summed E-state index contributed by atoms with van der Waals surface area (Å²) in [4.78, 5) is 22.5. The summed E-state index contributed by atoms with van der Waals surface area (Å²) in [5, 5.41) is 3.38. The third-order valence-electron chi connectivity index (χ3n) is 3.86. The van der Waals surface area contributed by atoms with Gasteiger partial charge < -0.3 is 14.8 Å². The van der Waals surface area contributed by atoms with Crippen molar-refractivity contribution in [3.8, 4) is 0 Å². The van der Waals surface area contributed by atoms with Crippen molar-refractivity contribution < 1.29 is 19.1 Å². The summed E-state index contributed by atoms with van der Waals surface area (Å²) < 4.78 is 9.31. The predicted molar refractivity (Wildman–Crippen MR) is 94.9 cm³/mol. The van der Waals surface area contributed by atoms with Gasteiger partial charge in [0.15, 0.2) is 0 Å². The summed E-state index contributed by atoms with van der Waals surface area (Å²) in [6, 6.07) is 15.8. The molecule has 5 heteroatoms. The Hall–Kier alpha value is -2.66. The van der Waals surface area contributed by atoms with E-state index in [4.69, 9.17) is 0 Å². The molecule has 2 aromatic carbocycles. The zero-order chi connectivity index (χ0) is 18.1. The van der Waals surface area contributed by atoms with Crippen molar-refractivity contribution in [3.63, 3.8) is 0 Å². The van der Waals surface area contributed by atoms with Crippen molar-refractivity contribution in [2.45, 2.75) is 25.9 Å². The van der Waals surface area contributed by atoms with Crippen LogP contribution in [0.3, 0.4) is 0 Å². The van der Waals surface area contributed by atoms with E-state index in [1.165, 1.54) is 14.2 Å². The van der Waals surface area contributed by atoms with Gasteiger partial charge in [0.2, 0.25) is 0 Å². The lowest BCUT2D eigenvalue weighted by Gasteiger charge is -2.07. The van der Waals surface area contributed by atoms with E-state index < -0.39 is 0 Å². The Morgan fingerprint density at radius 1 is 0.680 bits per heavy atom. The summed E-state index contributed by atoms with van der Waals surface area (Å²) in [7, 11) is 2.78. The number of nitrogens with one attached hydrogen (secondary N) is 1. The minimum Gasteiger partial charge on any atom is -0.469 e. The molecule has 0 heterocycles. The Labute approximate surface area is 148 Å². The fraction of sp³-hybridized carbons (Fsp3) is 0.300. The van der Waals surface area contributed by atoms with E-state index in [1.807, 2.05) is 48.5 Å². The van der Waals surface area contributed by atoms with Crippen molar-refractivity contribution in [2.75, 3.05) is 14.2 Å². The van der Waals surface area contributed by atoms with Gasteiger partial charge in [-0.25, -0.2) is 0 Å². The molecule has 0 aliphatic heterocycles. The maximum atomic E-state index is 11.2. The largest absolute Gasteiger partial charge is 0.469 e. The standard InChI is InChI=1S/C20H23NO4/c1-24-19(22)11-15-3-7-17(8-4-15)13-21-14-18-9-5-16(6-10-18)12-20(23)25-2/h3-10,21H,11-14H2,1-2H3. The highest BCUT2D eigenvalue weighted by Crippen LogP contribution is 2.08.